The van der Waals surface area contributed by atoms with Gasteiger partial charge in [-0.2, -0.15) is 0 Å². The van der Waals surface area contributed by atoms with E-state index in [0.29, 0.717) is 6.04 Å². The van der Waals surface area contributed by atoms with Crippen molar-refractivity contribution in [1.82, 2.24) is 4.90 Å². The number of likely N-dealkylation sites (N-methyl/N-ethyl adjacent to an activating group) is 1. The van der Waals surface area contributed by atoms with E-state index in [2.05, 4.69) is 25.0 Å². The molecular formula is C11H21NO. The van der Waals surface area contributed by atoms with Crippen molar-refractivity contribution in [3.63, 3.8) is 0 Å². The van der Waals surface area contributed by atoms with Crippen LogP contribution in [0.4, 0.5) is 0 Å². The molecule has 0 aliphatic heterocycles. The number of rotatable bonds is 8. The Kier molecular flexibility index (Phi) is 7.65. The van der Waals surface area contributed by atoms with E-state index in [9.17, 15) is 0 Å². The maximum atomic E-state index is 8.86. The number of hydrogen-bond donors (Lipinski definition) is 1. The molecule has 2 nitrogen and oxygen atoms in total. The Hall–Kier alpha value is -0.600. The smallest absolute Gasteiger partial charge is 0.0558 e. The van der Waals surface area contributed by atoms with Gasteiger partial charge in [0.05, 0.1) is 6.61 Å². The van der Waals surface area contributed by atoms with Gasteiger partial charge in [0.15, 0.2) is 0 Å². The lowest BCUT2D eigenvalue weighted by Gasteiger charge is -2.28. The van der Waals surface area contributed by atoms with Crippen LogP contribution in [0.3, 0.4) is 0 Å². The third-order valence-corrected chi connectivity index (χ3v) is 2.19. The summed E-state index contributed by atoms with van der Waals surface area (Å²) >= 11 is 0. The van der Waals surface area contributed by atoms with Crippen LogP contribution in [0.1, 0.15) is 19.8 Å². The summed E-state index contributed by atoms with van der Waals surface area (Å²) in [5.74, 6) is 0. The summed E-state index contributed by atoms with van der Waals surface area (Å²) in [6.07, 6.45) is 5.77. The zero-order valence-corrected chi connectivity index (χ0v) is 8.58. The van der Waals surface area contributed by atoms with Gasteiger partial charge in [0.25, 0.3) is 0 Å². The highest BCUT2D eigenvalue weighted by molar-refractivity contribution is 4.85. The molecule has 0 atom stereocenters. The summed E-state index contributed by atoms with van der Waals surface area (Å²) in [5, 5.41) is 8.86. The second-order valence-electron chi connectivity index (χ2n) is 3.05. The van der Waals surface area contributed by atoms with Crippen molar-refractivity contribution in [3.05, 3.63) is 25.3 Å². The van der Waals surface area contributed by atoms with Crippen molar-refractivity contribution in [2.24, 2.45) is 0 Å². The van der Waals surface area contributed by atoms with E-state index in [1.807, 2.05) is 12.2 Å². The summed E-state index contributed by atoms with van der Waals surface area (Å²) in [5.41, 5.74) is 0. The molecular weight excluding hydrogens is 162 g/mol. The third kappa shape index (κ3) is 4.86. The predicted octanol–water partition coefficient (Wildman–Crippen LogP) is 1.82. The van der Waals surface area contributed by atoms with Gasteiger partial charge < -0.3 is 5.11 Å². The Morgan fingerprint density at radius 2 is 1.85 bits per heavy atom. The molecule has 0 aliphatic carbocycles. The van der Waals surface area contributed by atoms with Crippen molar-refractivity contribution < 1.29 is 5.11 Å². The first-order valence-electron chi connectivity index (χ1n) is 4.86. The standard InChI is InChI=1S/C11H21NO/c1-4-7-11(8-5-2)12(6-3)9-10-13/h4-5,11,13H,1-2,6-10H2,3H3. The van der Waals surface area contributed by atoms with Crippen molar-refractivity contribution in [2.45, 2.75) is 25.8 Å². The number of hydrogen-bond acceptors (Lipinski definition) is 2. The lowest BCUT2D eigenvalue weighted by molar-refractivity contribution is 0.157. The minimum absolute atomic E-state index is 0.221. The zero-order chi connectivity index (χ0) is 10.1. The van der Waals surface area contributed by atoms with Crippen molar-refractivity contribution in [2.75, 3.05) is 19.7 Å². The fourth-order valence-electron chi connectivity index (χ4n) is 1.51. The van der Waals surface area contributed by atoms with Crippen molar-refractivity contribution >= 4 is 0 Å². The Morgan fingerprint density at radius 1 is 1.31 bits per heavy atom. The van der Waals surface area contributed by atoms with E-state index in [1.165, 1.54) is 0 Å². The van der Waals surface area contributed by atoms with Gasteiger partial charge in [-0.1, -0.05) is 19.1 Å². The highest BCUT2D eigenvalue weighted by Crippen LogP contribution is 2.09. The normalized spacial score (nSPS) is 10.8. The lowest BCUT2D eigenvalue weighted by Crippen LogP contribution is -2.36. The molecule has 0 spiro atoms. The minimum atomic E-state index is 0.221. The highest BCUT2D eigenvalue weighted by atomic mass is 16.3. The van der Waals surface area contributed by atoms with Gasteiger partial charge in [-0.25, -0.2) is 0 Å². The van der Waals surface area contributed by atoms with Crippen molar-refractivity contribution in [3.8, 4) is 0 Å². The second kappa shape index (κ2) is 8.02. The van der Waals surface area contributed by atoms with Crippen LogP contribution in [-0.2, 0) is 0 Å². The molecule has 0 amide bonds. The van der Waals surface area contributed by atoms with Crippen LogP contribution in [0.5, 0.6) is 0 Å². The van der Waals surface area contributed by atoms with Crippen LogP contribution >= 0.6 is 0 Å². The molecule has 0 heterocycles. The molecule has 0 saturated heterocycles. The Bertz CT molecular complexity index is 135. The first-order chi connectivity index (χ1) is 6.29. The molecule has 2 heteroatoms. The first-order valence-corrected chi connectivity index (χ1v) is 4.86. The minimum Gasteiger partial charge on any atom is -0.395 e. The van der Waals surface area contributed by atoms with E-state index in [-0.39, 0.29) is 6.61 Å². The van der Waals surface area contributed by atoms with E-state index in [0.717, 1.165) is 25.9 Å². The van der Waals surface area contributed by atoms with Crippen molar-refractivity contribution in [1.29, 1.82) is 0 Å². The predicted molar refractivity (Wildman–Crippen MR) is 57.7 cm³/mol. The Morgan fingerprint density at radius 3 is 2.15 bits per heavy atom. The molecule has 0 aliphatic rings. The van der Waals surface area contributed by atoms with Gasteiger partial charge in [-0.3, -0.25) is 4.90 Å². The number of aliphatic hydroxyl groups is 1. The maximum absolute atomic E-state index is 8.86. The fourth-order valence-corrected chi connectivity index (χ4v) is 1.51. The fraction of sp³-hybridized carbons (Fsp3) is 0.636. The van der Waals surface area contributed by atoms with Gasteiger partial charge >= 0.3 is 0 Å². The topological polar surface area (TPSA) is 23.5 Å². The van der Waals surface area contributed by atoms with Gasteiger partial charge in [-0.05, 0) is 19.4 Å². The SMILES string of the molecule is C=CCC(CC=C)N(CC)CCO. The number of aliphatic hydroxyl groups excluding tert-OH is 1. The molecule has 0 aromatic heterocycles. The summed E-state index contributed by atoms with van der Waals surface area (Å²) in [6, 6.07) is 0.451. The molecule has 13 heavy (non-hydrogen) atoms. The van der Waals surface area contributed by atoms with Crippen LogP contribution in [0.15, 0.2) is 25.3 Å². The molecule has 76 valence electrons. The molecule has 0 rings (SSSR count). The average molecular weight is 183 g/mol. The van der Waals surface area contributed by atoms with E-state index >= 15 is 0 Å². The first kappa shape index (κ1) is 12.4. The van der Waals surface area contributed by atoms with E-state index in [1.54, 1.807) is 0 Å². The summed E-state index contributed by atoms with van der Waals surface area (Å²) < 4.78 is 0. The van der Waals surface area contributed by atoms with E-state index < -0.39 is 0 Å². The van der Waals surface area contributed by atoms with Gasteiger partial charge in [0.1, 0.15) is 0 Å². The molecule has 1 N–H and O–H groups in total. The van der Waals surface area contributed by atoms with Gasteiger partial charge in [-0.15, -0.1) is 13.2 Å². The summed E-state index contributed by atoms with van der Waals surface area (Å²) in [6.45, 7) is 11.5. The van der Waals surface area contributed by atoms with E-state index in [4.69, 9.17) is 5.11 Å². The zero-order valence-electron chi connectivity index (χ0n) is 8.58. The molecule has 0 aromatic carbocycles. The molecule has 0 bridgehead atoms. The number of nitrogens with zero attached hydrogens (tertiary/aromatic N) is 1. The molecule has 0 fully saturated rings. The largest absolute Gasteiger partial charge is 0.395 e. The average Bonchev–Trinajstić information content (AvgIpc) is 2.14. The molecule has 0 saturated carbocycles. The van der Waals surface area contributed by atoms with Crippen LogP contribution < -0.4 is 0 Å². The van der Waals surface area contributed by atoms with Gasteiger partial charge in [0, 0.05) is 12.6 Å². The van der Waals surface area contributed by atoms with Crippen LogP contribution in [0, 0.1) is 0 Å². The summed E-state index contributed by atoms with van der Waals surface area (Å²) in [4.78, 5) is 2.25. The molecule has 0 unspecified atom stereocenters. The van der Waals surface area contributed by atoms with Gasteiger partial charge in [0.2, 0.25) is 0 Å². The van der Waals surface area contributed by atoms with Crippen LogP contribution in [-0.4, -0.2) is 35.7 Å². The Balaban J connectivity index is 4.09. The third-order valence-electron chi connectivity index (χ3n) is 2.19. The highest BCUT2D eigenvalue weighted by Gasteiger charge is 2.12. The van der Waals surface area contributed by atoms with Crippen LogP contribution in [0.25, 0.3) is 0 Å². The Labute approximate surface area is 81.6 Å². The maximum Gasteiger partial charge on any atom is 0.0558 e. The second-order valence-corrected chi connectivity index (χ2v) is 3.05. The quantitative estimate of drug-likeness (QED) is 0.580. The molecule has 0 radical (unpaired) electrons. The monoisotopic (exact) mass is 183 g/mol. The lowest BCUT2D eigenvalue weighted by atomic mass is 10.1. The molecule has 0 aromatic rings. The van der Waals surface area contributed by atoms with Crippen LogP contribution in [0.2, 0.25) is 0 Å². The summed E-state index contributed by atoms with van der Waals surface area (Å²) in [7, 11) is 0.